The van der Waals surface area contributed by atoms with Gasteiger partial charge in [0.05, 0.1) is 0 Å². The average molecular weight is 245 g/mol. The molecule has 0 spiro atoms. The Hall–Kier alpha value is -0.146. The van der Waals surface area contributed by atoms with Gasteiger partial charge in [-0.1, -0.05) is 35.9 Å². The number of aliphatic hydroxyl groups excluding tert-OH is 2. The van der Waals surface area contributed by atoms with Crippen LogP contribution in [0.25, 0.3) is 0 Å². The van der Waals surface area contributed by atoms with E-state index < -0.39 is 0 Å². The Morgan fingerprint density at radius 2 is 1.33 bits per heavy atom. The standard InChI is InChI=1S/C8H9.2C2H6O.Ti/c1-2-8-6-4-3-5-7-8;2*1-2-3;/h3-7H,1-2H2;2*3H,2H2,1H3;/q-1;;;. The fourth-order valence-electron chi connectivity index (χ4n) is 0.645. The topological polar surface area (TPSA) is 40.5 Å². The summed E-state index contributed by atoms with van der Waals surface area (Å²) in [7, 11) is 0. The quantitative estimate of drug-likeness (QED) is 0.587. The molecule has 1 aromatic rings. The predicted octanol–water partition coefficient (Wildman–Crippen LogP) is 2.06. The molecule has 3 heteroatoms. The largest absolute Gasteiger partial charge is 0.397 e. The molecule has 0 aromatic heterocycles. The van der Waals surface area contributed by atoms with Gasteiger partial charge in [-0.2, -0.15) is 6.42 Å². The summed E-state index contributed by atoms with van der Waals surface area (Å²) in [5, 5.41) is 15.1. The van der Waals surface area contributed by atoms with Crippen LogP contribution in [0.2, 0.25) is 0 Å². The van der Waals surface area contributed by atoms with Gasteiger partial charge in [-0.15, -0.1) is 0 Å². The third-order valence-corrected chi connectivity index (χ3v) is 1.13. The number of hydrogen-bond donors (Lipinski definition) is 2. The molecule has 86 valence electrons. The van der Waals surface area contributed by atoms with Crippen LogP contribution in [-0.2, 0) is 28.1 Å². The van der Waals surface area contributed by atoms with Crippen molar-refractivity contribution in [2.45, 2.75) is 20.3 Å². The third kappa shape index (κ3) is 20.0. The van der Waals surface area contributed by atoms with E-state index in [-0.39, 0.29) is 34.9 Å². The van der Waals surface area contributed by atoms with Crippen LogP contribution < -0.4 is 0 Å². The van der Waals surface area contributed by atoms with E-state index in [0.29, 0.717) is 0 Å². The monoisotopic (exact) mass is 245 g/mol. The molecule has 15 heavy (non-hydrogen) atoms. The predicted molar refractivity (Wildman–Crippen MR) is 61.0 cm³/mol. The average Bonchev–Trinajstić information content (AvgIpc) is 2.21. The summed E-state index contributed by atoms with van der Waals surface area (Å²) < 4.78 is 0. The Morgan fingerprint density at radius 3 is 1.53 bits per heavy atom. The number of aliphatic hydroxyl groups is 2. The van der Waals surface area contributed by atoms with E-state index in [1.165, 1.54) is 5.56 Å². The van der Waals surface area contributed by atoms with Crippen molar-refractivity contribution >= 4 is 0 Å². The smallest absolute Gasteiger partial charge is 0.0402 e. The summed E-state index contributed by atoms with van der Waals surface area (Å²) >= 11 is 0. The van der Waals surface area contributed by atoms with Gasteiger partial charge in [0.1, 0.15) is 0 Å². The van der Waals surface area contributed by atoms with Crippen LogP contribution in [0.4, 0.5) is 0 Å². The van der Waals surface area contributed by atoms with Gasteiger partial charge in [0.15, 0.2) is 0 Å². The summed E-state index contributed by atoms with van der Waals surface area (Å²) in [5.74, 6) is 0. The molecule has 2 N–H and O–H groups in total. The Balaban J connectivity index is -0.000000177. The molecule has 0 atom stereocenters. The molecule has 0 aliphatic rings. The fourth-order valence-corrected chi connectivity index (χ4v) is 0.645. The first kappa shape index (κ1) is 20.3. The molecule has 0 radical (unpaired) electrons. The first-order valence-corrected chi connectivity index (χ1v) is 4.81. The van der Waals surface area contributed by atoms with Crippen molar-refractivity contribution in [2.24, 2.45) is 0 Å². The van der Waals surface area contributed by atoms with Crippen LogP contribution in [0.1, 0.15) is 19.4 Å². The molecule has 0 amide bonds. The van der Waals surface area contributed by atoms with Gasteiger partial charge < -0.3 is 17.1 Å². The number of hydrogen-bond acceptors (Lipinski definition) is 2. The maximum atomic E-state index is 7.57. The summed E-state index contributed by atoms with van der Waals surface area (Å²) in [5.41, 5.74) is 1.30. The van der Waals surface area contributed by atoms with Crippen LogP contribution in [-0.4, -0.2) is 23.4 Å². The van der Waals surface area contributed by atoms with Crippen molar-refractivity contribution in [3.8, 4) is 0 Å². The van der Waals surface area contributed by atoms with Gasteiger partial charge in [-0.3, -0.25) is 0 Å². The van der Waals surface area contributed by atoms with Crippen LogP contribution in [0.15, 0.2) is 30.3 Å². The Labute approximate surface area is 108 Å². The number of rotatable bonds is 1. The van der Waals surface area contributed by atoms with E-state index in [1.54, 1.807) is 13.8 Å². The second-order valence-corrected chi connectivity index (χ2v) is 2.37. The molecular formula is C12H21O2Ti-. The Morgan fingerprint density at radius 1 is 1.00 bits per heavy atom. The van der Waals surface area contributed by atoms with Crippen molar-refractivity contribution in [1.82, 2.24) is 0 Å². The Kier molecular flexibility index (Phi) is 26.3. The van der Waals surface area contributed by atoms with Crippen molar-refractivity contribution in [3.63, 3.8) is 0 Å². The molecular weight excluding hydrogens is 224 g/mol. The SMILES string of the molecule is CCO.CCO.[CH2-]Cc1ccccc1.[Ti]. The van der Waals surface area contributed by atoms with Crippen LogP contribution in [0, 0.1) is 6.92 Å². The molecule has 0 fully saturated rings. The van der Waals surface area contributed by atoms with Crippen LogP contribution in [0.3, 0.4) is 0 Å². The van der Waals surface area contributed by atoms with Gasteiger partial charge in [0.25, 0.3) is 0 Å². The van der Waals surface area contributed by atoms with Gasteiger partial charge in [0.2, 0.25) is 0 Å². The minimum Gasteiger partial charge on any atom is -0.397 e. The van der Waals surface area contributed by atoms with E-state index in [4.69, 9.17) is 10.2 Å². The maximum absolute atomic E-state index is 7.57. The molecule has 1 rings (SSSR count). The minimum absolute atomic E-state index is 0. The molecule has 0 aliphatic carbocycles. The van der Waals surface area contributed by atoms with E-state index in [0.717, 1.165) is 6.42 Å². The van der Waals surface area contributed by atoms with Gasteiger partial charge in [-0.05, 0) is 13.8 Å². The summed E-state index contributed by atoms with van der Waals surface area (Å²) in [4.78, 5) is 0. The number of benzene rings is 1. The van der Waals surface area contributed by atoms with E-state index in [9.17, 15) is 0 Å². The second-order valence-electron chi connectivity index (χ2n) is 2.37. The molecule has 0 unspecified atom stereocenters. The normalized spacial score (nSPS) is 7.27. The first-order valence-electron chi connectivity index (χ1n) is 4.81. The molecule has 0 saturated heterocycles. The van der Waals surface area contributed by atoms with Crippen LogP contribution in [0.5, 0.6) is 0 Å². The van der Waals surface area contributed by atoms with E-state index >= 15 is 0 Å². The van der Waals surface area contributed by atoms with Crippen molar-refractivity contribution in [1.29, 1.82) is 0 Å². The third-order valence-electron chi connectivity index (χ3n) is 1.13. The van der Waals surface area contributed by atoms with Crippen LogP contribution >= 0.6 is 0 Å². The molecule has 0 aliphatic heterocycles. The van der Waals surface area contributed by atoms with Crippen molar-refractivity contribution < 1.29 is 31.9 Å². The maximum Gasteiger partial charge on any atom is 0.0402 e. The molecule has 0 heterocycles. The minimum atomic E-state index is 0. The van der Waals surface area contributed by atoms with Crippen molar-refractivity contribution in [3.05, 3.63) is 42.8 Å². The molecule has 0 bridgehead atoms. The summed E-state index contributed by atoms with van der Waals surface area (Å²) in [6, 6.07) is 10.2. The molecule has 0 saturated carbocycles. The first-order chi connectivity index (χ1) is 6.76. The zero-order chi connectivity index (χ0) is 11.2. The zero-order valence-corrected chi connectivity index (χ0v) is 11.2. The summed E-state index contributed by atoms with van der Waals surface area (Å²) in [6.45, 7) is 7.62. The second kappa shape index (κ2) is 19.4. The zero-order valence-electron chi connectivity index (χ0n) is 9.61. The molecule has 1 aromatic carbocycles. The fraction of sp³-hybridized carbons (Fsp3) is 0.417. The van der Waals surface area contributed by atoms with Gasteiger partial charge in [-0.25, -0.2) is 0 Å². The van der Waals surface area contributed by atoms with E-state index in [2.05, 4.69) is 19.1 Å². The van der Waals surface area contributed by atoms with Gasteiger partial charge >= 0.3 is 0 Å². The Bertz CT molecular complexity index is 176. The molecule has 2 nitrogen and oxygen atoms in total. The summed E-state index contributed by atoms with van der Waals surface area (Å²) in [6.07, 6.45) is 0.890. The van der Waals surface area contributed by atoms with Gasteiger partial charge in [0, 0.05) is 34.9 Å². The van der Waals surface area contributed by atoms with Crippen molar-refractivity contribution in [2.75, 3.05) is 13.2 Å². The van der Waals surface area contributed by atoms with E-state index in [1.807, 2.05) is 18.2 Å².